The molecule has 3 N–H and O–H groups in total. The van der Waals surface area contributed by atoms with Crippen LogP contribution in [0.2, 0.25) is 0 Å². The van der Waals surface area contributed by atoms with Crippen LogP contribution in [0.3, 0.4) is 0 Å². The highest BCUT2D eigenvalue weighted by Crippen LogP contribution is 2.46. The third-order valence-electron chi connectivity index (χ3n) is 6.89. The Bertz CT molecular complexity index is 1610. The van der Waals surface area contributed by atoms with E-state index in [9.17, 15) is 14.4 Å². The molecule has 1 aromatic carbocycles. The highest BCUT2D eigenvalue weighted by Gasteiger charge is 2.35. The van der Waals surface area contributed by atoms with Crippen molar-refractivity contribution >= 4 is 83.5 Å². The molecule has 1 aliphatic heterocycles. The molecule has 4 aromatic rings. The van der Waals surface area contributed by atoms with Crippen molar-refractivity contribution in [3.8, 4) is 11.6 Å². The zero-order chi connectivity index (χ0) is 27.1. The third kappa shape index (κ3) is 6.32. The minimum atomic E-state index is -0.393. The Labute approximate surface area is 262 Å². The summed E-state index contributed by atoms with van der Waals surface area (Å²) in [6, 6.07) is 12.5. The largest absolute Gasteiger partial charge is 0.439 e. The predicted molar refractivity (Wildman–Crippen MR) is 176 cm³/mol. The van der Waals surface area contributed by atoms with Crippen LogP contribution in [-0.2, 0) is 4.79 Å². The van der Waals surface area contributed by atoms with Crippen LogP contribution in [0.1, 0.15) is 48.8 Å². The van der Waals surface area contributed by atoms with E-state index in [1.807, 2.05) is 37.3 Å². The van der Waals surface area contributed by atoms with Gasteiger partial charge in [-0.15, -0.1) is 11.3 Å². The van der Waals surface area contributed by atoms with Gasteiger partial charge in [-0.3, -0.25) is 14.5 Å². The summed E-state index contributed by atoms with van der Waals surface area (Å²) in [5.74, 6) is 0.750. The van der Waals surface area contributed by atoms with Crippen molar-refractivity contribution in [1.29, 1.82) is 0 Å². The number of hydrogen-bond acceptors (Lipinski definition) is 7. The quantitative estimate of drug-likeness (QED) is 0.237. The van der Waals surface area contributed by atoms with Gasteiger partial charge in [-0.1, -0.05) is 25.6 Å². The van der Waals surface area contributed by atoms with Crippen molar-refractivity contribution in [1.82, 2.24) is 20.6 Å². The maximum absolute atomic E-state index is 13.5. The molecule has 10 nitrogen and oxygen atoms in total. The van der Waals surface area contributed by atoms with Crippen molar-refractivity contribution in [3.05, 3.63) is 65.3 Å². The van der Waals surface area contributed by atoms with E-state index in [4.69, 9.17) is 4.74 Å². The first-order valence-electron chi connectivity index (χ1n) is 12.7. The van der Waals surface area contributed by atoms with Gasteiger partial charge in [0.25, 0.3) is 5.91 Å². The van der Waals surface area contributed by atoms with Crippen molar-refractivity contribution in [2.24, 2.45) is 0 Å². The van der Waals surface area contributed by atoms with E-state index < -0.39 is 6.03 Å². The lowest BCUT2D eigenvalue weighted by Gasteiger charge is -2.29. The van der Waals surface area contributed by atoms with Gasteiger partial charge in [-0.05, 0) is 49.9 Å². The second-order valence-corrected chi connectivity index (χ2v) is 10.7. The van der Waals surface area contributed by atoms with Crippen LogP contribution in [0, 0.1) is 6.92 Å². The van der Waals surface area contributed by atoms with Gasteiger partial charge in [0.15, 0.2) is 0 Å². The number of thiophene rings is 1. The maximum Gasteiger partial charge on any atom is 0.331 e. The van der Waals surface area contributed by atoms with E-state index in [0.29, 0.717) is 50.2 Å². The number of para-hydroxylation sites is 1. The molecule has 4 amide bonds. The number of aromatic nitrogens is 2. The van der Waals surface area contributed by atoms with Crippen LogP contribution in [0.15, 0.2) is 54.9 Å². The second-order valence-electron chi connectivity index (χ2n) is 9.69. The molecular weight excluding hydrogens is 593 g/mol. The molecule has 6 rings (SSSR count). The van der Waals surface area contributed by atoms with Crippen LogP contribution in [-0.4, -0.2) is 39.9 Å². The number of hydrogen-bond donors (Lipinski definition) is 3. The number of amides is 4. The Morgan fingerprint density at radius 2 is 1.76 bits per heavy atom. The maximum atomic E-state index is 13.5. The Morgan fingerprint density at radius 1 is 1.05 bits per heavy atom. The average Bonchev–Trinajstić information content (AvgIpc) is 3.50. The third-order valence-corrected chi connectivity index (χ3v) is 7.99. The number of benzene rings is 1. The Hall–Kier alpha value is -3.81. The summed E-state index contributed by atoms with van der Waals surface area (Å²) < 4.78 is 5.85. The lowest BCUT2D eigenvalue weighted by molar-refractivity contribution is -0.119. The second kappa shape index (κ2) is 13.4. The van der Waals surface area contributed by atoms with Gasteiger partial charge < -0.3 is 20.7 Å². The number of pyridine rings is 2. The summed E-state index contributed by atoms with van der Waals surface area (Å²) in [6.45, 7) is 3.38. The summed E-state index contributed by atoms with van der Waals surface area (Å²) in [7, 11) is 0. The predicted octanol–water partition coefficient (Wildman–Crippen LogP) is 6.12. The van der Waals surface area contributed by atoms with Gasteiger partial charge in [0.05, 0.1) is 28.6 Å². The van der Waals surface area contributed by atoms with Gasteiger partial charge in [0, 0.05) is 31.3 Å². The van der Waals surface area contributed by atoms with Gasteiger partial charge in [0.2, 0.25) is 11.8 Å². The summed E-state index contributed by atoms with van der Waals surface area (Å²) in [5.41, 5.74) is 2.48. The highest BCUT2D eigenvalue weighted by molar-refractivity contribution is 7.59. The molecule has 1 fully saturated rings. The van der Waals surface area contributed by atoms with E-state index in [1.54, 1.807) is 29.4 Å². The Balaban J connectivity index is 0.00000161. The molecule has 0 unspecified atom stereocenters. The van der Waals surface area contributed by atoms with Crippen LogP contribution < -0.4 is 25.6 Å². The smallest absolute Gasteiger partial charge is 0.331 e. The number of anilines is 3. The molecule has 0 spiro atoms. The molecule has 2 atom stereocenters. The van der Waals surface area contributed by atoms with Gasteiger partial charge in [0.1, 0.15) is 15.5 Å². The van der Waals surface area contributed by atoms with Crippen LogP contribution in [0.25, 0.3) is 10.2 Å². The number of carbonyl (C=O) groups is 3. The molecule has 1 saturated carbocycles. The molecule has 0 saturated heterocycles. The Kier molecular flexibility index (Phi) is 10.5. The first-order chi connectivity index (χ1) is 18.9. The average molecular weight is 627 g/mol. The van der Waals surface area contributed by atoms with Crippen LogP contribution in [0.4, 0.5) is 21.9 Å². The highest BCUT2D eigenvalue weighted by atomic mass is 32.1. The number of nitrogens with zero attached hydrogens (tertiary/aromatic N) is 3. The monoisotopic (exact) mass is 626 g/mol. The lowest BCUT2D eigenvalue weighted by atomic mass is 10.1. The van der Waals surface area contributed by atoms with E-state index in [0.717, 1.165) is 18.4 Å². The standard InChI is InChI=1S/C28H26N6O4S.CH4.2H2S/c1-15-12-22(38-19-6-4-3-5-7-19)30-14-21(15)34-20-10-11-29-27-23(20)24(33-28(34)37)25(39-27)26(36)32-18-9-8-17(13-18)31-16(2)35;;;/h3-7,10-12,14,17-18H,8-9,13H2,1-2H3,(H,31,35)(H,32,36)(H,33,37);1H4;2*1H2/t17-,18-;;;/m0.../s1. The van der Waals surface area contributed by atoms with Gasteiger partial charge >= 0.3 is 6.03 Å². The molecule has 2 aliphatic rings. The van der Waals surface area contributed by atoms with E-state index in [2.05, 4.69) is 25.9 Å². The van der Waals surface area contributed by atoms with E-state index in [1.165, 1.54) is 18.3 Å². The number of urea groups is 1. The minimum absolute atomic E-state index is 0. The topological polar surface area (TPSA) is 126 Å². The Morgan fingerprint density at radius 3 is 2.45 bits per heavy atom. The number of rotatable bonds is 6. The zero-order valence-electron chi connectivity index (χ0n) is 22.4. The van der Waals surface area contributed by atoms with Crippen molar-refractivity contribution in [2.45, 2.75) is 52.6 Å². The van der Waals surface area contributed by atoms with Gasteiger partial charge in [-0.2, -0.15) is 27.0 Å². The zero-order valence-corrected chi connectivity index (χ0v) is 25.2. The van der Waals surface area contributed by atoms with Crippen molar-refractivity contribution in [2.75, 3.05) is 10.2 Å². The molecule has 13 heteroatoms. The molecule has 0 bridgehead atoms. The summed E-state index contributed by atoms with van der Waals surface area (Å²) >= 11 is 1.24. The molecule has 1 aliphatic carbocycles. The van der Waals surface area contributed by atoms with Crippen LogP contribution in [0.5, 0.6) is 11.6 Å². The molecule has 42 heavy (non-hydrogen) atoms. The molecule has 0 radical (unpaired) electrons. The normalized spacial score (nSPS) is 16.8. The van der Waals surface area contributed by atoms with Gasteiger partial charge in [-0.25, -0.2) is 14.8 Å². The lowest BCUT2D eigenvalue weighted by Crippen LogP contribution is -2.37. The van der Waals surface area contributed by atoms with E-state index in [-0.39, 0.29) is 58.3 Å². The fraction of sp³-hybridized carbons (Fsp3) is 0.276. The summed E-state index contributed by atoms with van der Waals surface area (Å²) in [6.07, 6.45) is 5.50. The van der Waals surface area contributed by atoms with Crippen molar-refractivity contribution in [3.63, 3.8) is 0 Å². The van der Waals surface area contributed by atoms with Crippen molar-refractivity contribution < 1.29 is 19.1 Å². The molecule has 4 heterocycles. The molecule has 222 valence electrons. The minimum Gasteiger partial charge on any atom is -0.439 e. The fourth-order valence-electron chi connectivity index (χ4n) is 5.19. The number of carbonyl (C=O) groups excluding carboxylic acids is 3. The number of ether oxygens (including phenoxy) is 1. The number of nitrogens with one attached hydrogen (secondary N) is 3. The van der Waals surface area contributed by atoms with Crippen LogP contribution >= 0.6 is 38.3 Å². The molecule has 3 aromatic heterocycles. The first-order valence-corrected chi connectivity index (χ1v) is 13.5. The SMILES string of the molecule is C.CC(=O)N[C@H]1CC[C@H](NC(=O)c2sc3nccc4c3c2NC(=O)N4c2cnc(Oc3ccccc3)cc2C)C1.S.S. The first kappa shape index (κ1) is 32.7. The summed E-state index contributed by atoms with van der Waals surface area (Å²) in [5, 5.41) is 9.62. The number of aryl methyl sites for hydroxylation is 1. The molecular formula is C29H34N6O4S3. The fourth-order valence-corrected chi connectivity index (χ4v) is 6.21. The summed E-state index contributed by atoms with van der Waals surface area (Å²) in [4.78, 5) is 49.7. The van der Waals surface area contributed by atoms with E-state index >= 15 is 0 Å².